The first-order valence-electron chi connectivity index (χ1n) is 7.79. The molecule has 1 aromatic carbocycles. The zero-order valence-corrected chi connectivity index (χ0v) is 14.1. The zero-order chi connectivity index (χ0) is 15.3. The van der Waals surface area contributed by atoms with Gasteiger partial charge in [0.15, 0.2) is 0 Å². The highest BCUT2D eigenvalue weighted by atomic mass is 32.2. The van der Waals surface area contributed by atoms with E-state index in [-0.39, 0.29) is 10.7 Å². The lowest BCUT2D eigenvalue weighted by molar-refractivity contribution is 0.0765. The van der Waals surface area contributed by atoms with Crippen LogP contribution in [-0.2, 0) is 0 Å². The van der Waals surface area contributed by atoms with E-state index in [1.807, 2.05) is 40.9 Å². The molecule has 4 heteroatoms. The molecule has 1 amide bonds. The first kappa shape index (κ1) is 16.2. The van der Waals surface area contributed by atoms with Crippen molar-refractivity contribution in [1.82, 2.24) is 4.90 Å². The summed E-state index contributed by atoms with van der Waals surface area (Å²) < 4.78 is 0.273. The molecule has 0 atom stereocenters. The molecule has 21 heavy (non-hydrogen) atoms. The van der Waals surface area contributed by atoms with Crippen LogP contribution in [0.1, 0.15) is 44.0 Å². The van der Waals surface area contributed by atoms with Gasteiger partial charge in [0.05, 0.1) is 5.56 Å². The molecule has 1 N–H and O–H groups in total. The fraction of sp³-hybridized carbons (Fsp3) is 0.588. The molecule has 0 radical (unpaired) electrons. The number of nitrogens with zero attached hydrogens (tertiary/aromatic N) is 1. The SMILES string of the molecule is CCCNc1ccccc1C(=O)N1CCSC(C)(C)CC1. The Morgan fingerprint density at radius 3 is 2.86 bits per heavy atom. The molecule has 1 aromatic rings. The summed E-state index contributed by atoms with van der Waals surface area (Å²) in [6.07, 6.45) is 2.10. The second kappa shape index (κ2) is 7.21. The molecule has 0 aliphatic carbocycles. The molecule has 1 aliphatic rings. The topological polar surface area (TPSA) is 32.3 Å². The number of nitrogens with one attached hydrogen (secondary N) is 1. The second-order valence-electron chi connectivity index (χ2n) is 6.12. The van der Waals surface area contributed by atoms with Crippen LogP contribution in [0.2, 0.25) is 0 Å². The van der Waals surface area contributed by atoms with Gasteiger partial charge in [0.1, 0.15) is 0 Å². The summed E-state index contributed by atoms with van der Waals surface area (Å²) in [5, 5.41) is 3.36. The fourth-order valence-electron chi connectivity index (χ4n) is 2.48. The molecule has 1 fully saturated rings. The van der Waals surface area contributed by atoms with Crippen molar-refractivity contribution in [2.75, 3.05) is 30.7 Å². The number of hydrogen-bond donors (Lipinski definition) is 1. The molecule has 1 aliphatic heterocycles. The van der Waals surface area contributed by atoms with E-state index in [9.17, 15) is 4.79 Å². The third-order valence-electron chi connectivity index (χ3n) is 3.85. The summed E-state index contributed by atoms with van der Waals surface area (Å²) in [5.41, 5.74) is 1.76. The van der Waals surface area contributed by atoms with Gasteiger partial charge in [0.25, 0.3) is 5.91 Å². The third-order valence-corrected chi connectivity index (χ3v) is 5.22. The van der Waals surface area contributed by atoms with Crippen LogP contribution in [-0.4, -0.2) is 40.9 Å². The summed E-state index contributed by atoms with van der Waals surface area (Å²) in [7, 11) is 0. The largest absolute Gasteiger partial charge is 0.384 e. The van der Waals surface area contributed by atoms with Crippen molar-refractivity contribution in [2.45, 2.75) is 38.4 Å². The van der Waals surface area contributed by atoms with Crippen molar-refractivity contribution in [1.29, 1.82) is 0 Å². The summed E-state index contributed by atoms with van der Waals surface area (Å²) in [5.74, 6) is 1.18. The van der Waals surface area contributed by atoms with Crippen LogP contribution in [0, 0.1) is 0 Å². The average molecular weight is 306 g/mol. The molecule has 2 rings (SSSR count). The van der Waals surface area contributed by atoms with E-state index in [0.29, 0.717) is 0 Å². The van der Waals surface area contributed by atoms with E-state index in [4.69, 9.17) is 0 Å². The molecule has 1 heterocycles. The van der Waals surface area contributed by atoms with Crippen LogP contribution < -0.4 is 5.32 Å². The van der Waals surface area contributed by atoms with Gasteiger partial charge in [-0.2, -0.15) is 11.8 Å². The Kier molecular flexibility index (Phi) is 5.57. The highest BCUT2D eigenvalue weighted by Crippen LogP contribution is 2.31. The van der Waals surface area contributed by atoms with Crippen LogP contribution in [0.3, 0.4) is 0 Å². The number of benzene rings is 1. The Morgan fingerprint density at radius 2 is 2.10 bits per heavy atom. The Labute approximate surface area is 132 Å². The van der Waals surface area contributed by atoms with Gasteiger partial charge in [-0.25, -0.2) is 0 Å². The van der Waals surface area contributed by atoms with E-state index in [0.717, 1.165) is 49.5 Å². The number of anilines is 1. The summed E-state index contributed by atoms with van der Waals surface area (Å²) in [6.45, 7) is 9.25. The first-order valence-corrected chi connectivity index (χ1v) is 8.78. The van der Waals surface area contributed by atoms with Crippen molar-refractivity contribution in [3.63, 3.8) is 0 Å². The first-order chi connectivity index (χ1) is 10.0. The van der Waals surface area contributed by atoms with E-state index < -0.39 is 0 Å². The number of carbonyl (C=O) groups excluding carboxylic acids is 1. The van der Waals surface area contributed by atoms with Crippen molar-refractivity contribution in [3.8, 4) is 0 Å². The quantitative estimate of drug-likeness (QED) is 0.916. The molecule has 1 saturated heterocycles. The zero-order valence-electron chi connectivity index (χ0n) is 13.3. The normalized spacial score (nSPS) is 18.1. The summed E-state index contributed by atoms with van der Waals surface area (Å²) in [6, 6.07) is 7.86. The molecule has 0 bridgehead atoms. The minimum Gasteiger partial charge on any atom is -0.384 e. The smallest absolute Gasteiger partial charge is 0.255 e. The van der Waals surface area contributed by atoms with Crippen LogP contribution in [0.25, 0.3) is 0 Å². The van der Waals surface area contributed by atoms with Crippen molar-refractivity contribution >= 4 is 23.4 Å². The van der Waals surface area contributed by atoms with E-state index >= 15 is 0 Å². The average Bonchev–Trinajstić information content (AvgIpc) is 2.65. The van der Waals surface area contributed by atoms with E-state index in [1.54, 1.807) is 0 Å². The highest BCUT2D eigenvalue weighted by molar-refractivity contribution is 8.00. The Hall–Kier alpha value is -1.16. The van der Waals surface area contributed by atoms with Gasteiger partial charge in [0, 0.05) is 35.8 Å². The Bertz CT molecular complexity index is 487. The molecule has 0 spiro atoms. The molecule has 0 unspecified atom stereocenters. The number of hydrogen-bond acceptors (Lipinski definition) is 3. The minimum absolute atomic E-state index is 0.160. The van der Waals surface area contributed by atoms with Gasteiger partial charge in [-0.05, 0) is 25.0 Å². The van der Waals surface area contributed by atoms with Crippen LogP contribution in [0.15, 0.2) is 24.3 Å². The van der Waals surface area contributed by atoms with Crippen molar-refractivity contribution < 1.29 is 4.79 Å². The standard InChI is InChI=1S/C17H26N2OS/c1-4-10-18-15-8-6-5-7-14(15)16(20)19-11-9-17(2,3)21-13-12-19/h5-8,18H,4,9-13H2,1-3H3. The predicted molar refractivity (Wildman–Crippen MR) is 92.3 cm³/mol. The van der Waals surface area contributed by atoms with Crippen molar-refractivity contribution in [3.05, 3.63) is 29.8 Å². The fourth-order valence-corrected chi connectivity index (χ4v) is 3.58. The van der Waals surface area contributed by atoms with Crippen molar-refractivity contribution in [2.24, 2.45) is 0 Å². The number of thioether (sulfide) groups is 1. The number of amides is 1. The Balaban J connectivity index is 2.12. The van der Waals surface area contributed by atoms with Crippen LogP contribution in [0.4, 0.5) is 5.69 Å². The molecule has 116 valence electrons. The number of para-hydroxylation sites is 1. The number of carbonyl (C=O) groups is 1. The van der Waals surface area contributed by atoms with Gasteiger partial charge in [-0.1, -0.05) is 32.9 Å². The minimum atomic E-state index is 0.160. The van der Waals surface area contributed by atoms with Crippen LogP contribution in [0.5, 0.6) is 0 Å². The number of rotatable bonds is 4. The maximum absolute atomic E-state index is 12.8. The lowest BCUT2D eigenvalue weighted by Crippen LogP contribution is -2.34. The molecule has 3 nitrogen and oxygen atoms in total. The summed E-state index contributed by atoms with van der Waals surface area (Å²) >= 11 is 1.97. The van der Waals surface area contributed by atoms with E-state index in [2.05, 4.69) is 26.1 Å². The van der Waals surface area contributed by atoms with Gasteiger partial charge in [-0.15, -0.1) is 0 Å². The van der Waals surface area contributed by atoms with Gasteiger partial charge < -0.3 is 10.2 Å². The second-order valence-corrected chi connectivity index (χ2v) is 7.92. The van der Waals surface area contributed by atoms with Gasteiger partial charge in [-0.3, -0.25) is 4.79 Å². The molecule has 0 aromatic heterocycles. The molecular formula is C17H26N2OS. The van der Waals surface area contributed by atoms with Gasteiger partial charge in [0.2, 0.25) is 0 Å². The highest BCUT2D eigenvalue weighted by Gasteiger charge is 2.27. The van der Waals surface area contributed by atoms with Crippen LogP contribution >= 0.6 is 11.8 Å². The Morgan fingerprint density at radius 1 is 1.33 bits per heavy atom. The predicted octanol–water partition coefficient (Wildman–Crippen LogP) is 3.87. The third kappa shape index (κ3) is 4.40. The maximum atomic E-state index is 12.8. The summed E-state index contributed by atoms with van der Waals surface area (Å²) in [4.78, 5) is 14.8. The molecular weight excluding hydrogens is 280 g/mol. The van der Waals surface area contributed by atoms with E-state index in [1.165, 1.54) is 0 Å². The van der Waals surface area contributed by atoms with Gasteiger partial charge >= 0.3 is 0 Å². The maximum Gasteiger partial charge on any atom is 0.255 e. The monoisotopic (exact) mass is 306 g/mol. The lowest BCUT2D eigenvalue weighted by atomic mass is 10.1. The lowest BCUT2D eigenvalue weighted by Gasteiger charge is -2.23. The molecule has 0 saturated carbocycles.